The molecule has 2 aliphatic rings. The Kier molecular flexibility index (Phi) is 6.22. The van der Waals surface area contributed by atoms with E-state index in [0.29, 0.717) is 12.8 Å². The number of anilines is 1. The molecule has 1 N–H and O–H groups in total. The van der Waals surface area contributed by atoms with E-state index in [2.05, 4.69) is 63.9 Å². The first-order valence-corrected chi connectivity index (χ1v) is 11.6. The van der Waals surface area contributed by atoms with E-state index in [4.69, 9.17) is 9.47 Å². The minimum absolute atomic E-state index is 0.0984. The van der Waals surface area contributed by atoms with Gasteiger partial charge in [0.1, 0.15) is 17.5 Å². The SMILES string of the molecule is Cc1c(CC[C@@H]2C[C@@H](O)CC(=O)O2)c2c(c(C)c1N(C)Cc1ccccc1)CC(C)(C)O2. The number of rotatable bonds is 6. The third kappa shape index (κ3) is 4.63. The van der Waals surface area contributed by atoms with Gasteiger partial charge in [0.25, 0.3) is 0 Å². The first kappa shape index (κ1) is 22.7. The first-order chi connectivity index (χ1) is 15.1. The molecule has 0 bridgehead atoms. The van der Waals surface area contributed by atoms with Crippen molar-refractivity contribution in [3.63, 3.8) is 0 Å². The smallest absolute Gasteiger partial charge is 0.308 e. The van der Waals surface area contributed by atoms with Gasteiger partial charge >= 0.3 is 5.97 Å². The van der Waals surface area contributed by atoms with E-state index in [0.717, 1.165) is 25.1 Å². The summed E-state index contributed by atoms with van der Waals surface area (Å²) in [6, 6.07) is 10.5. The molecule has 0 amide bonds. The van der Waals surface area contributed by atoms with Crippen LogP contribution in [0.2, 0.25) is 0 Å². The number of aliphatic hydroxyl groups excluding tert-OH is 1. The highest BCUT2D eigenvalue weighted by Gasteiger charge is 2.36. The van der Waals surface area contributed by atoms with E-state index < -0.39 is 6.10 Å². The van der Waals surface area contributed by atoms with E-state index in [1.54, 1.807) is 0 Å². The van der Waals surface area contributed by atoms with Gasteiger partial charge in [-0.1, -0.05) is 30.3 Å². The number of hydrogen-bond acceptors (Lipinski definition) is 5. The van der Waals surface area contributed by atoms with Gasteiger partial charge in [-0.2, -0.15) is 0 Å². The van der Waals surface area contributed by atoms with Crippen molar-refractivity contribution in [3.8, 4) is 5.75 Å². The molecule has 1 fully saturated rings. The van der Waals surface area contributed by atoms with E-state index in [-0.39, 0.29) is 24.1 Å². The Hall–Kier alpha value is -2.53. The normalized spacial score (nSPS) is 21.6. The van der Waals surface area contributed by atoms with Crippen LogP contribution in [0.15, 0.2) is 30.3 Å². The molecule has 1 saturated heterocycles. The van der Waals surface area contributed by atoms with Gasteiger partial charge in [-0.05, 0) is 62.8 Å². The second-order valence-corrected chi connectivity index (χ2v) is 10.0. The second kappa shape index (κ2) is 8.78. The van der Waals surface area contributed by atoms with Gasteiger partial charge in [0.2, 0.25) is 0 Å². The van der Waals surface area contributed by atoms with Crippen molar-refractivity contribution >= 4 is 11.7 Å². The quantitative estimate of drug-likeness (QED) is 0.667. The number of carbonyl (C=O) groups is 1. The van der Waals surface area contributed by atoms with Crippen LogP contribution in [0.3, 0.4) is 0 Å². The number of aliphatic hydroxyl groups is 1. The van der Waals surface area contributed by atoms with Crippen LogP contribution in [0.1, 0.15) is 60.9 Å². The lowest BCUT2D eigenvalue weighted by Crippen LogP contribution is -2.32. The van der Waals surface area contributed by atoms with Gasteiger partial charge in [-0.15, -0.1) is 0 Å². The van der Waals surface area contributed by atoms with Crippen molar-refractivity contribution in [1.82, 2.24) is 0 Å². The maximum absolute atomic E-state index is 11.8. The van der Waals surface area contributed by atoms with Crippen LogP contribution in [-0.2, 0) is 28.9 Å². The van der Waals surface area contributed by atoms with Gasteiger partial charge in [0.05, 0.1) is 12.5 Å². The molecule has 32 heavy (non-hydrogen) atoms. The maximum Gasteiger partial charge on any atom is 0.308 e. The maximum atomic E-state index is 11.8. The summed E-state index contributed by atoms with van der Waals surface area (Å²) < 4.78 is 12.0. The Morgan fingerprint density at radius 3 is 2.56 bits per heavy atom. The highest BCUT2D eigenvalue weighted by molar-refractivity contribution is 5.71. The Balaban J connectivity index is 1.67. The fraction of sp³-hybridized carbons (Fsp3) is 0.519. The summed E-state index contributed by atoms with van der Waals surface area (Å²) in [5.41, 5.74) is 7.27. The van der Waals surface area contributed by atoms with E-state index in [1.807, 2.05) is 6.07 Å². The topological polar surface area (TPSA) is 59.0 Å². The molecular weight excluding hydrogens is 402 g/mol. The molecular formula is C27H35NO4. The molecule has 5 heteroatoms. The second-order valence-electron chi connectivity index (χ2n) is 10.0. The molecule has 0 radical (unpaired) electrons. The van der Waals surface area contributed by atoms with Crippen molar-refractivity contribution in [2.24, 2.45) is 0 Å². The van der Waals surface area contributed by atoms with Gasteiger partial charge < -0.3 is 19.5 Å². The number of carbonyl (C=O) groups excluding carboxylic acids is 1. The number of nitrogens with zero attached hydrogens (tertiary/aromatic N) is 1. The Morgan fingerprint density at radius 2 is 1.88 bits per heavy atom. The van der Waals surface area contributed by atoms with Crippen LogP contribution in [0.5, 0.6) is 5.75 Å². The molecule has 2 aliphatic heterocycles. The summed E-state index contributed by atoms with van der Waals surface area (Å²) in [7, 11) is 2.15. The number of cyclic esters (lactones) is 1. The fourth-order valence-corrected chi connectivity index (χ4v) is 5.32. The van der Waals surface area contributed by atoms with Crippen LogP contribution >= 0.6 is 0 Å². The Bertz CT molecular complexity index is 999. The standard InChI is InChI=1S/C27H35NO4/c1-17-22(12-11-21-13-20(29)14-24(30)31-21)26-23(15-27(3,4)32-26)18(2)25(17)28(5)16-19-9-7-6-8-10-19/h6-10,20-21,29H,11-16H2,1-5H3/t20-,21-/m1/s1. The van der Waals surface area contributed by atoms with Crippen LogP contribution < -0.4 is 9.64 Å². The van der Waals surface area contributed by atoms with E-state index in [1.165, 1.54) is 33.5 Å². The van der Waals surface area contributed by atoms with Gasteiger partial charge in [0, 0.05) is 37.7 Å². The summed E-state index contributed by atoms with van der Waals surface area (Å²) in [6.45, 7) is 9.49. The zero-order chi connectivity index (χ0) is 23.0. The van der Waals surface area contributed by atoms with Gasteiger partial charge in [-0.3, -0.25) is 4.79 Å². The number of esters is 1. The highest BCUT2D eigenvalue weighted by Crippen LogP contribution is 2.46. The first-order valence-electron chi connectivity index (χ1n) is 11.6. The zero-order valence-electron chi connectivity index (χ0n) is 19.9. The third-order valence-electron chi connectivity index (χ3n) is 6.74. The number of ether oxygens (including phenoxy) is 2. The molecule has 172 valence electrons. The average molecular weight is 438 g/mol. The van der Waals surface area contributed by atoms with Crippen LogP contribution in [0, 0.1) is 13.8 Å². The van der Waals surface area contributed by atoms with Crippen molar-refractivity contribution in [1.29, 1.82) is 0 Å². The van der Waals surface area contributed by atoms with Crippen LogP contribution in [0.4, 0.5) is 5.69 Å². The van der Waals surface area contributed by atoms with E-state index >= 15 is 0 Å². The summed E-state index contributed by atoms with van der Waals surface area (Å²) in [6.07, 6.45) is 2.07. The Morgan fingerprint density at radius 1 is 1.16 bits per heavy atom. The molecule has 4 rings (SSSR count). The van der Waals surface area contributed by atoms with Crippen LogP contribution in [-0.4, -0.2) is 35.9 Å². The summed E-state index contributed by atoms with van der Waals surface area (Å²) >= 11 is 0. The number of benzene rings is 2. The lowest BCUT2D eigenvalue weighted by atomic mass is 9.89. The molecule has 2 heterocycles. The van der Waals surface area contributed by atoms with Crippen molar-refractivity contribution in [3.05, 3.63) is 58.1 Å². The summed E-state index contributed by atoms with van der Waals surface area (Å²) in [4.78, 5) is 14.1. The largest absolute Gasteiger partial charge is 0.487 e. The van der Waals surface area contributed by atoms with Gasteiger partial charge in [0.15, 0.2) is 0 Å². The molecule has 0 saturated carbocycles. The molecule has 0 spiro atoms. The van der Waals surface area contributed by atoms with Crippen molar-refractivity contribution in [2.45, 2.75) is 84.2 Å². The minimum Gasteiger partial charge on any atom is -0.487 e. The zero-order valence-corrected chi connectivity index (χ0v) is 19.9. The summed E-state index contributed by atoms with van der Waals surface area (Å²) in [5, 5.41) is 9.99. The van der Waals surface area contributed by atoms with Crippen molar-refractivity contribution < 1.29 is 19.4 Å². The molecule has 0 aromatic heterocycles. The third-order valence-corrected chi connectivity index (χ3v) is 6.74. The van der Waals surface area contributed by atoms with E-state index in [9.17, 15) is 9.90 Å². The predicted molar refractivity (Wildman–Crippen MR) is 126 cm³/mol. The minimum atomic E-state index is -0.603. The predicted octanol–water partition coefficient (Wildman–Crippen LogP) is 4.65. The highest BCUT2D eigenvalue weighted by atomic mass is 16.5. The summed E-state index contributed by atoms with van der Waals surface area (Å²) in [5.74, 6) is 0.699. The number of hydrogen-bond donors (Lipinski definition) is 1. The molecule has 2 aromatic rings. The average Bonchev–Trinajstić information content (AvgIpc) is 3.03. The monoisotopic (exact) mass is 437 g/mol. The molecule has 0 unspecified atom stereocenters. The molecule has 2 aromatic carbocycles. The number of fused-ring (bicyclic) bond motifs is 1. The molecule has 0 aliphatic carbocycles. The molecule has 2 atom stereocenters. The lowest BCUT2D eigenvalue weighted by Gasteiger charge is -2.29. The van der Waals surface area contributed by atoms with Crippen LogP contribution in [0.25, 0.3) is 0 Å². The van der Waals surface area contributed by atoms with Gasteiger partial charge in [-0.25, -0.2) is 0 Å². The van der Waals surface area contributed by atoms with Crippen molar-refractivity contribution in [2.75, 3.05) is 11.9 Å². The fourth-order valence-electron chi connectivity index (χ4n) is 5.32. The lowest BCUT2D eigenvalue weighted by molar-refractivity contribution is -0.160. The molecule has 5 nitrogen and oxygen atoms in total. The Labute approximate surface area is 191 Å².